The zero-order chi connectivity index (χ0) is 7.07. The number of hydrogen-bond donors (Lipinski definition) is 1. The van der Waals surface area contributed by atoms with Gasteiger partial charge in [0.15, 0.2) is 0 Å². The fourth-order valence-corrected chi connectivity index (χ4v) is 1.18. The van der Waals surface area contributed by atoms with Crippen LogP contribution in [0.15, 0.2) is 0 Å². The van der Waals surface area contributed by atoms with Gasteiger partial charge in [0.05, 0.1) is 0 Å². The highest BCUT2D eigenvalue weighted by Crippen LogP contribution is 2.27. The van der Waals surface area contributed by atoms with Crippen molar-refractivity contribution < 1.29 is 0 Å². The van der Waals surface area contributed by atoms with Crippen LogP contribution in [-0.2, 0) is 0 Å². The molecule has 1 rings (SSSR count). The first-order chi connectivity index (χ1) is 3.99. The Hall–Kier alpha value is -0.0400. The highest BCUT2D eigenvalue weighted by molar-refractivity contribution is 4.96. The molecule has 1 heterocycles. The van der Waals surface area contributed by atoms with Gasteiger partial charge < -0.3 is 5.32 Å². The average Bonchev–Trinajstić information content (AvgIpc) is 2.13. The van der Waals surface area contributed by atoms with Crippen LogP contribution in [0.3, 0.4) is 0 Å². The SMILES string of the molecule is CC1NC1CC(C)(C)C. The van der Waals surface area contributed by atoms with Crippen LogP contribution in [0.25, 0.3) is 0 Å². The molecule has 2 atom stereocenters. The van der Waals surface area contributed by atoms with Crippen molar-refractivity contribution in [2.75, 3.05) is 0 Å². The van der Waals surface area contributed by atoms with Crippen molar-refractivity contribution in [3.63, 3.8) is 0 Å². The fourth-order valence-electron chi connectivity index (χ4n) is 1.18. The normalized spacial score (nSPS) is 34.7. The first-order valence-electron chi connectivity index (χ1n) is 3.75. The van der Waals surface area contributed by atoms with E-state index in [0.717, 1.165) is 12.1 Å². The van der Waals surface area contributed by atoms with Crippen molar-refractivity contribution in [1.82, 2.24) is 5.32 Å². The Morgan fingerprint density at radius 3 is 1.89 bits per heavy atom. The van der Waals surface area contributed by atoms with Crippen LogP contribution in [0, 0.1) is 5.41 Å². The van der Waals surface area contributed by atoms with E-state index in [-0.39, 0.29) is 0 Å². The van der Waals surface area contributed by atoms with Crippen molar-refractivity contribution >= 4 is 0 Å². The van der Waals surface area contributed by atoms with Gasteiger partial charge in [0.25, 0.3) is 0 Å². The minimum Gasteiger partial charge on any atom is -0.308 e. The van der Waals surface area contributed by atoms with E-state index in [9.17, 15) is 0 Å². The highest BCUT2D eigenvalue weighted by Gasteiger charge is 2.34. The maximum atomic E-state index is 3.39. The van der Waals surface area contributed by atoms with Gasteiger partial charge in [0.1, 0.15) is 0 Å². The molecule has 9 heavy (non-hydrogen) atoms. The molecule has 1 N–H and O–H groups in total. The molecule has 0 aromatic rings. The lowest BCUT2D eigenvalue weighted by atomic mass is 9.90. The molecule has 54 valence electrons. The zero-order valence-electron chi connectivity index (χ0n) is 6.86. The molecule has 0 aromatic heterocycles. The van der Waals surface area contributed by atoms with E-state index in [1.54, 1.807) is 0 Å². The second-order valence-electron chi connectivity index (χ2n) is 4.33. The summed E-state index contributed by atoms with van der Waals surface area (Å²) in [6.07, 6.45) is 1.31. The van der Waals surface area contributed by atoms with Gasteiger partial charge in [-0.05, 0) is 18.8 Å². The monoisotopic (exact) mass is 127 g/mol. The lowest BCUT2D eigenvalue weighted by Crippen LogP contribution is -2.10. The summed E-state index contributed by atoms with van der Waals surface area (Å²) in [5, 5.41) is 3.39. The van der Waals surface area contributed by atoms with Gasteiger partial charge in [0.2, 0.25) is 0 Å². The summed E-state index contributed by atoms with van der Waals surface area (Å²) < 4.78 is 0. The van der Waals surface area contributed by atoms with E-state index in [4.69, 9.17) is 0 Å². The van der Waals surface area contributed by atoms with E-state index in [0.29, 0.717) is 5.41 Å². The van der Waals surface area contributed by atoms with Gasteiger partial charge in [-0.2, -0.15) is 0 Å². The molecule has 0 bridgehead atoms. The molecule has 1 heteroatoms. The average molecular weight is 127 g/mol. The van der Waals surface area contributed by atoms with Crippen LogP contribution in [0.5, 0.6) is 0 Å². The summed E-state index contributed by atoms with van der Waals surface area (Å²) in [6, 6.07) is 1.59. The maximum absolute atomic E-state index is 3.39. The van der Waals surface area contributed by atoms with E-state index in [1.807, 2.05) is 0 Å². The van der Waals surface area contributed by atoms with Crippen molar-refractivity contribution in [2.24, 2.45) is 5.41 Å². The van der Waals surface area contributed by atoms with E-state index in [1.165, 1.54) is 6.42 Å². The smallest absolute Gasteiger partial charge is 0.0226 e. The summed E-state index contributed by atoms with van der Waals surface area (Å²) in [7, 11) is 0. The second kappa shape index (κ2) is 1.98. The molecular weight excluding hydrogens is 110 g/mol. The lowest BCUT2D eigenvalue weighted by molar-refractivity contribution is 0.373. The predicted molar refractivity (Wildman–Crippen MR) is 40.5 cm³/mol. The minimum absolute atomic E-state index is 0.502. The quantitative estimate of drug-likeness (QED) is 0.533. The highest BCUT2D eigenvalue weighted by atomic mass is 15.1. The first kappa shape index (κ1) is 7.07. The third-order valence-electron chi connectivity index (χ3n) is 1.80. The molecule has 0 aliphatic carbocycles. The molecule has 0 aromatic carbocycles. The summed E-state index contributed by atoms with van der Waals surface area (Å²) in [5.41, 5.74) is 0.502. The Morgan fingerprint density at radius 2 is 1.78 bits per heavy atom. The van der Waals surface area contributed by atoms with Gasteiger partial charge in [-0.3, -0.25) is 0 Å². The fraction of sp³-hybridized carbons (Fsp3) is 1.00. The number of hydrogen-bond acceptors (Lipinski definition) is 1. The molecule has 0 amide bonds. The van der Waals surface area contributed by atoms with Crippen molar-refractivity contribution in [3.05, 3.63) is 0 Å². The van der Waals surface area contributed by atoms with Gasteiger partial charge in [-0.15, -0.1) is 0 Å². The zero-order valence-corrected chi connectivity index (χ0v) is 6.86. The Kier molecular flexibility index (Phi) is 1.55. The van der Waals surface area contributed by atoms with E-state index >= 15 is 0 Å². The molecule has 1 aliphatic rings. The van der Waals surface area contributed by atoms with Crippen molar-refractivity contribution in [1.29, 1.82) is 0 Å². The Labute approximate surface area is 57.8 Å². The second-order valence-corrected chi connectivity index (χ2v) is 4.33. The van der Waals surface area contributed by atoms with Crippen LogP contribution in [0.1, 0.15) is 34.1 Å². The Morgan fingerprint density at radius 1 is 1.33 bits per heavy atom. The van der Waals surface area contributed by atoms with Gasteiger partial charge in [0, 0.05) is 12.1 Å². The summed E-state index contributed by atoms with van der Waals surface area (Å²) >= 11 is 0. The van der Waals surface area contributed by atoms with Gasteiger partial charge >= 0.3 is 0 Å². The van der Waals surface area contributed by atoms with Crippen LogP contribution in [0.2, 0.25) is 0 Å². The number of nitrogens with one attached hydrogen (secondary N) is 1. The predicted octanol–water partition coefficient (Wildman–Crippen LogP) is 1.78. The minimum atomic E-state index is 0.502. The summed E-state index contributed by atoms with van der Waals surface area (Å²) in [6.45, 7) is 9.12. The summed E-state index contributed by atoms with van der Waals surface area (Å²) in [5.74, 6) is 0. The van der Waals surface area contributed by atoms with Gasteiger partial charge in [-0.1, -0.05) is 20.8 Å². The third kappa shape index (κ3) is 2.35. The van der Waals surface area contributed by atoms with E-state index in [2.05, 4.69) is 33.0 Å². The molecule has 1 aliphatic heterocycles. The summed E-state index contributed by atoms with van der Waals surface area (Å²) in [4.78, 5) is 0. The molecule has 0 spiro atoms. The lowest BCUT2D eigenvalue weighted by Gasteiger charge is -2.16. The van der Waals surface area contributed by atoms with Crippen molar-refractivity contribution in [2.45, 2.75) is 46.2 Å². The van der Waals surface area contributed by atoms with Crippen LogP contribution < -0.4 is 5.32 Å². The van der Waals surface area contributed by atoms with Crippen LogP contribution in [0.4, 0.5) is 0 Å². The van der Waals surface area contributed by atoms with Crippen LogP contribution >= 0.6 is 0 Å². The molecule has 1 saturated heterocycles. The third-order valence-corrected chi connectivity index (χ3v) is 1.80. The Bertz CT molecular complexity index is 102. The first-order valence-corrected chi connectivity index (χ1v) is 3.75. The molecule has 0 radical (unpaired) electrons. The number of rotatable bonds is 1. The van der Waals surface area contributed by atoms with Gasteiger partial charge in [-0.25, -0.2) is 0 Å². The molecule has 2 unspecified atom stereocenters. The molecular formula is C8H17N. The van der Waals surface area contributed by atoms with Crippen LogP contribution in [-0.4, -0.2) is 12.1 Å². The van der Waals surface area contributed by atoms with Crippen molar-refractivity contribution in [3.8, 4) is 0 Å². The molecule has 1 nitrogen and oxygen atoms in total. The molecule has 1 fully saturated rings. The Balaban J connectivity index is 2.19. The molecule has 0 saturated carbocycles. The van der Waals surface area contributed by atoms with E-state index < -0.39 is 0 Å². The maximum Gasteiger partial charge on any atom is 0.0226 e. The standard InChI is InChI=1S/C8H17N/c1-6-7(9-6)5-8(2,3)4/h6-7,9H,5H2,1-4H3. The largest absolute Gasteiger partial charge is 0.308 e. The topological polar surface area (TPSA) is 21.9 Å².